The van der Waals surface area contributed by atoms with Crippen LogP contribution in [0, 0.1) is 0 Å². The number of amides is 2. The van der Waals surface area contributed by atoms with Crippen molar-refractivity contribution in [1.29, 1.82) is 0 Å². The Morgan fingerprint density at radius 3 is 2.50 bits per heavy atom. The molecule has 3 fully saturated rings. The molecular weight excluding hydrogens is 256 g/mol. The van der Waals surface area contributed by atoms with Crippen LogP contribution in [0.5, 0.6) is 0 Å². The lowest BCUT2D eigenvalue weighted by Crippen LogP contribution is -2.72. The van der Waals surface area contributed by atoms with Crippen molar-refractivity contribution in [3.8, 4) is 0 Å². The Hall–Kier alpha value is -1.10. The van der Waals surface area contributed by atoms with Crippen LogP contribution in [0.25, 0.3) is 0 Å². The third-order valence-electron chi connectivity index (χ3n) is 5.11. The standard InChI is InChI=1S/C15H24N2O3/c1-14(6-5-9-20-11-14)17-10-12(18)16-15(13(17)19)7-3-2-4-8-15/h2-11H2,1H3,(H,16,18). The zero-order chi connectivity index (χ0) is 14.2. The van der Waals surface area contributed by atoms with Crippen LogP contribution in [0.4, 0.5) is 0 Å². The third kappa shape index (κ3) is 2.22. The van der Waals surface area contributed by atoms with Gasteiger partial charge in [-0.15, -0.1) is 0 Å². The Morgan fingerprint density at radius 1 is 1.10 bits per heavy atom. The highest BCUT2D eigenvalue weighted by atomic mass is 16.5. The molecule has 112 valence electrons. The van der Waals surface area contributed by atoms with Gasteiger partial charge in [-0.2, -0.15) is 0 Å². The Kier molecular flexibility index (Phi) is 3.48. The highest BCUT2D eigenvalue weighted by molar-refractivity contribution is 5.98. The molecule has 1 saturated carbocycles. The van der Waals surface area contributed by atoms with Crippen molar-refractivity contribution in [3.63, 3.8) is 0 Å². The van der Waals surface area contributed by atoms with Crippen LogP contribution in [-0.4, -0.2) is 47.6 Å². The lowest BCUT2D eigenvalue weighted by molar-refractivity contribution is -0.163. The molecule has 2 heterocycles. The summed E-state index contributed by atoms with van der Waals surface area (Å²) in [5.74, 6) is 0.100. The summed E-state index contributed by atoms with van der Waals surface area (Å²) in [4.78, 5) is 26.9. The molecule has 1 spiro atoms. The molecule has 2 amide bonds. The van der Waals surface area contributed by atoms with Crippen molar-refractivity contribution in [2.75, 3.05) is 19.8 Å². The van der Waals surface area contributed by atoms with Gasteiger partial charge in [0.2, 0.25) is 11.8 Å². The summed E-state index contributed by atoms with van der Waals surface area (Å²) in [6, 6.07) is 0. The van der Waals surface area contributed by atoms with Crippen LogP contribution in [0.15, 0.2) is 0 Å². The van der Waals surface area contributed by atoms with E-state index >= 15 is 0 Å². The summed E-state index contributed by atoms with van der Waals surface area (Å²) < 4.78 is 5.57. The van der Waals surface area contributed by atoms with E-state index in [9.17, 15) is 9.59 Å². The average molecular weight is 280 g/mol. The topological polar surface area (TPSA) is 58.6 Å². The lowest BCUT2D eigenvalue weighted by atomic mass is 9.77. The molecule has 1 atom stereocenters. The molecule has 2 saturated heterocycles. The van der Waals surface area contributed by atoms with Crippen molar-refractivity contribution < 1.29 is 14.3 Å². The minimum absolute atomic E-state index is 0.0155. The van der Waals surface area contributed by atoms with Gasteiger partial charge in [-0.25, -0.2) is 0 Å². The fourth-order valence-corrected chi connectivity index (χ4v) is 3.90. The molecule has 20 heavy (non-hydrogen) atoms. The first kappa shape index (κ1) is 13.9. The predicted molar refractivity (Wildman–Crippen MR) is 74.1 cm³/mol. The Morgan fingerprint density at radius 2 is 1.85 bits per heavy atom. The molecule has 1 unspecified atom stereocenters. The number of carbonyl (C=O) groups is 2. The van der Waals surface area contributed by atoms with E-state index in [2.05, 4.69) is 12.2 Å². The van der Waals surface area contributed by atoms with Crippen LogP contribution in [0.3, 0.4) is 0 Å². The minimum Gasteiger partial charge on any atom is -0.379 e. The van der Waals surface area contributed by atoms with Crippen LogP contribution < -0.4 is 5.32 Å². The fraction of sp³-hybridized carbons (Fsp3) is 0.867. The zero-order valence-electron chi connectivity index (χ0n) is 12.2. The van der Waals surface area contributed by atoms with Gasteiger partial charge in [-0.1, -0.05) is 19.3 Å². The molecule has 0 aromatic heterocycles. The van der Waals surface area contributed by atoms with Gasteiger partial charge >= 0.3 is 0 Å². The van der Waals surface area contributed by atoms with Gasteiger partial charge in [0, 0.05) is 6.61 Å². The second-order valence-electron chi connectivity index (χ2n) is 6.74. The molecule has 5 heteroatoms. The van der Waals surface area contributed by atoms with Gasteiger partial charge in [0.1, 0.15) is 12.1 Å². The van der Waals surface area contributed by atoms with Crippen molar-refractivity contribution in [3.05, 3.63) is 0 Å². The number of carbonyl (C=O) groups excluding carboxylic acids is 2. The molecule has 1 aliphatic carbocycles. The van der Waals surface area contributed by atoms with Gasteiger partial charge in [-0.3, -0.25) is 9.59 Å². The van der Waals surface area contributed by atoms with Crippen LogP contribution in [-0.2, 0) is 14.3 Å². The summed E-state index contributed by atoms with van der Waals surface area (Å²) in [5, 5.41) is 3.00. The number of hydrogen-bond acceptors (Lipinski definition) is 3. The van der Waals surface area contributed by atoms with E-state index in [0.29, 0.717) is 6.61 Å². The second-order valence-corrected chi connectivity index (χ2v) is 6.74. The van der Waals surface area contributed by atoms with Crippen molar-refractivity contribution in [1.82, 2.24) is 10.2 Å². The molecule has 1 N–H and O–H groups in total. The Bertz CT molecular complexity index is 409. The van der Waals surface area contributed by atoms with E-state index < -0.39 is 5.54 Å². The number of hydrogen-bond donors (Lipinski definition) is 1. The van der Waals surface area contributed by atoms with E-state index in [0.717, 1.165) is 51.6 Å². The van der Waals surface area contributed by atoms with Gasteiger partial charge in [0.05, 0.1) is 12.1 Å². The monoisotopic (exact) mass is 280 g/mol. The third-order valence-corrected chi connectivity index (χ3v) is 5.11. The van der Waals surface area contributed by atoms with E-state index in [1.54, 1.807) is 4.90 Å². The molecule has 5 nitrogen and oxygen atoms in total. The van der Waals surface area contributed by atoms with E-state index in [4.69, 9.17) is 4.74 Å². The smallest absolute Gasteiger partial charge is 0.249 e. The summed E-state index contributed by atoms with van der Waals surface area (Å²) in [5.41, 5.74) is -0.953. The molecule has 0 bridgehead atoms. The first-order valence-electron chi connectivity index (χ1n) is 7.77. The molecule has 3 rings (SSSR count). The van der Waals surface area contributed by atoms with Gasteiger partial charge in [-0.05, 0) is 32.6 Å². The van der Waals surface area contributed by atoms with Crippen LogP contribution >= 0.6 is 0 Å². The number of rotatable bonds is 1. The zero-order valence-corrected chi connectivity index (χ0v) is 12.2. The molecule has 0 radical (unpaired) electrons. The van der Waals surface area contributed by atoms with E-state index in [1.807, 2.05) is 0 Å². The normalized spacial score (nSPS) is 34.1. The fourth-order valence-electron chi connectivity index (χ4n) is 3.90. The summed E-state index contributed by atoms with van der Waals surface area (Å²) in [6.07, 6.45) is 6.64. The highest BCUT2D eigenvalue weighted by Gasteiger charge is 2.51. The average Bonchev–Trinajstić information content (AvgIpc) is 2.44. The van der Waals surface area contributed by atoms with Crippen LogP contribution in [0.2, 0.25) is 0 Å². The van der Waals surface area contributed by atoms with Crippen molar-refractivity contribution >= 4 is 11.8 Å². The minimum atomic E-state index is -0.631. The Balaban J connectivity index is 1.86. The first-order chi connectivity index (χ1) is 9.56. The van der Waals surface area contributed by atoms with Gasteiger partial charge in [0.25, 0.3) is 0 Å². The summed E-state index contributed by atoms with van der Waals surface area (Å²) >= 11 is 0. The van der Waals surface area contributed by atoms with Crippen molar-refractivity contribution in [2.24, 2.45) is 0 Å². The quantitative estimate of drug-likeness (QED) is 0.785. The first-order valence-corrected chi connectivity index (χ1v) is 7.77. The predicted octanol–water partition coefficient (Wildman–Crippen LogP) is 1.22. The SMILES string of the molecule is CC1(N2CC(=O)NC3(CCCCC3)C2=O)CCCOC1. The number of ether oxygens (including phenoxy) is 1. The molecule has 2 aliphatic heterocycles. The van der Waals surface area contributed by atoms with Crippen molar-refractivity contribution in [2.45, 2.75) is 62.9 Å². The number of nitrogens with zero attached hydrogens (tertiary/aromatic N) is 1. The van der Waals surface area contributed by atoms with Crippen LogP contribution in [0.1, 0.15) is 51.9 Å². The maximum atomic E-state index is 13.0. The molecule has 0 aromatic rings. The maximum Gasteiger partial charge on any atom is 0.249 e. The van der Waals surface area contributed by atoms with E-state index in [1.165, 1.54) is 0 Å². The van der Waals surface area contributed by atoms with Gasteiger partial charge in [0.15, 0.2) is 0 Å². The Labute approximate surface area is 120 Å². The molecule has 0 aromatic carbocycles. The van der Waals surface area contributed by atoms with E-state index in [-0.39, 0.29) is 23.9 Å². The summed E-state index contributed by atoms with van der Waals surface area (Å²) in [6.45, 7) is 3.54. The highest BCUT2D eigenvalue weighted by Crippen LogP contribution is 2.36. The van der Waals surface area contributed by atoms with Gasteiger partial charge < -0.3 is 15.0 Å². The molecule has 3 aliphatic rings. The maximum absolute atomic E-state index is 13.0. The number of piperazine rings is 1. The lowest BCUT2D eigenvalue weighted by Gasteiger charge is -2.51. The largest absolute Gasteiger partial charge is 0.379 e. The summed E-state index contributed by atoms with van der Waals surface area (Å²) in [7, 11) is 0. The number of nitrogens with one attached hydrogen (secondary N) is 1. The second kappa shape index (κ2) is 5.02. The molecular formula is C15H24N2O3.